The van der Waals surface area contributed by atoms with Gasteiger partial charge < -0.3 is 11.1 Å². The Hall–Kier alpha value is -1.33. The molecule has 1 aromatic rings. The van der Waals surface area contributed by atoms with Crippen LogP contribution in [0.5, 0.6) is 0 Å². The summed E-state index contributed by atoms with van der Waals surface area (Å²) in [4.78, 5) is 0. The van der Waals surface area contributed by atoms with Crippen LogP contribution < -0.4 is 11.1 Å². The average molecular weight is 298 g/mol. The standard InChI is InChI=1S/C16H21F3N2/c17-16(18,19)14-8-4-3-7-13(14)15(11-20)21-10-9-12-5-1-2-6-12/h3-5,7-8,15,21H,1-2,6,9-11,20H2. The van der Waals surface area contributed by atoms with Crippen molar-refractivity contribution in [1.29, 1.82) is 0 Å². The molecule has 0 aliphatic heterocycles. The molecule has 1 unspecified atom stereocenters. The van der Waals surface area contributed by atoms with E-state index < -0.39 is 17.8 Å². The van der Waals surface area contributed by atoms with E-state index >= 15 is 0 Å². The van der Waals surface area contributed by atoms with E-state index in [9.17, 15) is 13.2 Å². The summed E-state index contributed by atoms with van der Waals surface area (Å²) in [6.07, 6.45) is 2.17. The molecule has 0 radical (unpaired) electrons. The van der Waals surface area contributed by atoms with Crippen molar-refractivity contribution < 1.29 is 13.2 Å². The second-order valence-corrected chi connectivity index (χ2v) is 5.33. The lowest BCUT2D eigenvalue weighted by molar-refractivity contribution is -0.138. The minimum absolute atomic E-state index is 0.145. The van der Waals surface area contributed by atoms with Crippen molar-refractivity contribution in [3.63, 3.8) is 0 Å². The summed E-state index contributed by atoms with van der Waals surface area (Å²) < 4.78 is 39.1. The Morgan fingerprint density at radius 2 is 2.00 bits per heavy atom. The third-order valence-electron chi connectivity index (χ3n) is 3.85. The zero-order valence-electron chi connectivity index (χ0n) is 11.9. The van der Waals surface area contributed by atoms with E-state index in [1.165, 1.54) is 24.1 Å². The van der Waals surface area contributed by atoms with Gasteiger partial charge in [-0.3, -0.25) is 0 Å². The lowest BCUT2D eigenvalue weighted by atomic mass is 9.99. The molecule has 116 valence electrons. The predicted octanol–water partition coefficient (Wildman–Crippen LogP) is 3.80. The zero-order valence-corrected chi connectivity index (χ0v) is 11.9. The minimum Gasteiger partial charge on any atom is -0.329 e. The highest BCUT2D eigenvalue weighted by molar-refractivity contribution is 5.32. The van der Waals surface area contributed by atoms with Crippen LogP contribution in [0.15, 0.2) is 35.9 Å². The van der Waals surface area contributed by atoms with Crippen LogP contribution in [0.25, 0.3) is 0 Å². The van der Waals surface area contributed by atoms with E-state index in [-0.39, 0.29) is 12.1 Å². The molecule has 5 heteroatoms. The summed E-state index contributed by atoms with van der Waals surface area (Å²) in [6.45, 7) is 0.798. The Bertz CT molecular complexity index is 495. The van der Waals surface area contributed by atoms with Gasteiger partial charge in [0.1, 0.15) is 0 Å². The first-order valence-electron chi connectivity index (χ1n) is 7.30. The minimum atomic E-state index is -4.35. The van der Waals surface area contributed by atoms with Gasteiger partial charge in [-0.15, -0.1) is 0 Å². The number of alkyl halides is 3. The Labute approximate surface area is 123 Å². The maximum absolute atomic E-state index is 13.0. The van der Waals surface area contributed by atoms with Crippen molar-refractivity contribution in [2.45, 2.75) is 37.9 Å². The van der Waals surface area contributed by atoms with Gasteiger partial charge in [-0.25, -0.2) is 0 Å². The molecule has 0 bridgehead atoms. The van der Waals surface area contributed by atoms with Gasteiger partial charge in [-0.1, -0.05) is 29.8 Å². The number of hydrogen-bond acceptors (Lipinski definition) is 2. The maximum atomic E-state index is 13.0. The van der Waals surface area contributed by atoms with Gasteiger partial charge >= 0.3 is 6.18 Å². The number of benzene rings is 1. The highest BCUT2D eigenvalue weighted by atomic mass is 19.4. The molecule has 3 N–H and O–H groups in total. The molecule has 1 aromatic carbocycles. The summed E-state index contributed by atoms with van der Waals surface area (Å²) in [5.74, 6) is 0. The van der Waals surface area contributed by atoms with Gasteiger partial charge in [0.2, 0.25) is 0 Å². The molecule has 2 rings (SSSR count). The summed E-state index contributed by atoms with van der Waals surface area (Å²) in [5, 5.41) is 3.16. The molecule has 0 saturated carbocycles. The number of nitrogens with two attached hydrogens (primary N) is 1. The second kappa shape index (κ2) is 7.09. The van der Waals surface area contributed by atoms with Crippen LogP contribution in [0.1, 0.15) is 42.9 Å². The lowest BCUT2D eigenvalue weighted by Crippen LogP contribution is -2.31. The van der Waals surface area contributed by atoms with Crippen molar-refractivity contribution in [3.8, 4) is 0 Å². The summed E-state index contributed by atoms with van der Waals surface area (Å²) in [5.41, 5.74) is 6.68. The van der Waals surface area contributed by atoms with Crippen LogP contribution in [0.2, 0.25) is 0 Å². The Balaban J connectivity index is 2.03. The molecule has 21 heavy (non-hydrogen) atoms. The monoisotopic (exact) mass is 298 g/mol. The first-order valence-corrected chi connectivity index (χ1v) is 7.30. The smallest absolute Gasteiger partial charge is 0.329 e. The second-order valence-electron chi connectivity index (χ2n) is 5.33. The van der Waals surface area contributed by atoms with Crippen LogP contribution in [0.4, 0.5) is 13.2 Å². The maximum Gasteiger partial charge on any atom is 0.416 e. The first kappa shape index (κ1) is 16.0. The number of rotatable bonds is 6. The van der Waals surface area contributed by atoms with Crippen molar-refractivity contribution >= 4 is 0 Å². The molecule has 2 nitrogen and oxygen atoms in total. The van der Waals surface area contributed by atoms with Crippen LogP contribution >= 0.6 is 0 Å². The molecule has 1 aliphatic carbocycles. The Morgan fingerprint density at radius 3 is 2.62 bits per heavy atom. The van der Waals surface area contributed by atoms with E-state index in [4.69, 9.17) is 5.73 Å². The zero-order chi connectivity index (χ0) is 15.3. The predicted molar refractivity (Wildman–Crippen MR) is 77.8 cm³/mol. The van der Waals surface area contributed by atoms with Crippen molar-refractivity contribution in [2.75, 3.05) is 13.1 Å². The highest BCUT2D eigenvalue weighted by Gasteiger charge is 2.34. The third kappa shape index (κ3) is 4.32. The van der Waals surface area contributed by atoms with E-state index in [1.807, 2.05) is 0 Å². The SMILES string of the molecule is NCC(NCCC1=CCCC1)c1ccccc1C(F)(F)F. The molecule has 1 atom stereocenters. The molecule has 1 aliphatic rings. The molecule has 0 aromatic heterocycles. The largest absolute Gasteiger partial charge is 0.416 e. The summed E-state index contributed by atoms with van der Waals surface area (Å²) in [6, 6.07) is 5.17. The van der Waals surface area contributed by atoms with Crippen molar-refractivity contribution in [2.24, 2.45) is 5.73 Å². The molecular weight excluding hydrogens is 277 g/mol. The number of hydrogen-bond donors (Lipinski definition) is 2. The van der Waals surface area contributed by atoms with E-state index in [0.717, 1.165) is 25.3 Å². The summed E-state index contributed by atoms with van der Waals surface area (Å²) in [7, 11) is 0. The fourth-order valence-electron chi connectivity index (χ4n) is 2.75. The fourth-order valence-corrected chi connectivity index (χ4v) is 2.75. The topological polar surface area (TPSA) is 38.0 Å². The number of halogens is 3. The van der Waals surface area contributed by atoms with E-state index in [1.54, 1.807) is 6.07 Å². The number of allylic oxidation sites excluding steroid dienone is 1. The molecule has 0 saturated heterocycles. The van der Waals surface area contributed by atoms with Crippen molar-refractivity contribution in [1.82, 2.24) is 5.32 Å². The summed E-state index contributed by atoms with van der Waals surface area (Å²) >= 11 is 0. The molecular formula is C16H21F3N2. The fraction of sp³-hybridized carbons (Fsp3) is 0.500. The molecule has 0 fully saturated rings. The van der Waals surface area contributed by atoms with E-state index in [2.05, 4.69) is 11.4 Å². The Kier molecular flexibility index (Phi) is 5.42. The van der Waals surface area contributed by atoms with Gasteiger partial charge in [-0.05, 0) is 43.9 Å². The van der Waals surface area contributed by atoms with Gasteiger partial charge in [0.25, 0.3) is 0 Å². The first-order chi connectivity index (χ1) is 10.0. The van der Waals surface area contributed by atoms with Crippen LogP contribution in [-0.2, 0) is 6.18 Å². The van der Waals surface area contributed by atoms with Crippen LogP contribution in [0.3, 0.4) is 0 Å². The van der Waals surface area contributed by atoms with E-state index in [0.29, 0.717) is 6.54 Å². The van der Waals surface area contributed by atoms with Gasteiger partial charge in [0, 0.05) is 12.6 Å². The van der Waals surface area contributed by atoms with Gasteiger partial charge in [0.05, 0.1) is 5.56 Å². The van der Waals surface area contributed by atoms with Crippen LogP contribution in [0, 0.1) is 0 Å². The number of nitrogens with one attached hydrogen (secondary N) is 1. The molecule has 0 amide bonds. The third-order valence-corrected chi connectivity index (χ3v) is 3.85. The quantitative estimate of drug-likeness (QED) is 0.784. The normalized spacial score (nSPS) is 16.9. The Morgan fingerprint density at radius 1 is 1.24 bits per heavy atom. The van der Waals surface area contributed by atoms with Gasteiger partial charge in [-0.2, -0.15) is 13.2 Å². The highest BCUT2D eigenvalue weighted by Crippen LogP contribution is 2.34. The van der Waals surface area contributed by atoms with Gasteiger partial charge in [0.15, 0.2) is 0 Å². The average Bonchev–Trinajstić information content (AvgIpc) is 2.96. The van der Waals surface area contributed by atoms with Crippen LogP contribution in [-0.4, -0.2) is 13.1 Å². The molecule has 0 heterocycles. The molecule has 0 spiro atoms. The van der Waals surface area contributed by atoms with Crippen molar-refractivity contribution in [3.05, 3.63) is 47.0 Å². The lowest BCUT2D eigenvalue weighted by Gasteiger charge is -2.21.